The average molecular weight is 378 g/mol. The Kier molecular flexibility index (Phi) is 4.64. The van der Waals surface area contributed by atoms with E-state index in [2.05, 4.69) is 44.5 Å². The highest BCUT2D eigenvalue weighted by Gasteiger charge is 2.11. The van der Waals surface area contributed by atoms with Gasteiger partial charge in [-0.25, -0.2) is 15.0 Å². The van der Waals surface area contributed by atoms with E-state index in [4.69, 9.17) is 0 Å². The molecule has 0 fully saturated rings. The summed E-state index contributed by atoms with van der Waals surface area (Å²) in [6.45, 7) is 0. The van der Waals surface area contributed by atoms with E-state index < -0.39 is 0 Å². The van der Waals surface area contributed by atoms with Gasteiger partial charge in [0, 0.05) is 23.3 Å². The number of aromatic nitrogens is 3. The molecule has 0 saturated carbocycles. The molecule has 2 aromatic heterocycles. The number of hydrogen-bond donors (Lipinski definition) is 1. The predicted octanol–water partition coefficient (Wildman–Crippen LogP) is 4.73. The van der Waals surface area contributed by atoms with Crippen LogP contribution in [0.25, 0.3) is 22.0 Å². The minimum absolute atomic E-state index is 0.267. The fourth-order valence-electron chi connectivity index (χ4n) is 2.52. The summed E-state index contributed by atoms with van der Waals surface area (Å²) in [6.07, 6.45) is 4.93. The molecule has 0 aliphatic carbocycles. The number of anilines is 1. The van der Waals surface area contributed by atoms with Gasteiger partial charge in [0.2, 0.25) is 0 Å². The van der Waals surface area contributed by atoms with Gasteiger partial charge in [-0.05, 0) is 23.1 Å². The third-order valence-corrected chi connectivity index (χ3v) is 5.18. The van der Waals surface area contributed by atoms with Gasteiger partial charge in [-0.15, -0.1) is 11.3 Å². The van der Waals surface area contributed by atoms with Crippen LogP contribution in [0.3, 0.4) is 0 Å². The number of thiazole rings is 1. The standard InChI is InChI=1S/C19H14N4OS2/c1-25-18-20-9-15(10-21-18)17(24)23-19-22-16(11-26-19)14-7-6-12-4-2-3-5-13(12)8-14/h2-11H,1H3,(H,22,23,24). The van der Waals surface area contributed by atoms with Gasteiger partial charge in [0.1, 0.15) is 0 Å². The number of fused-ring (bicyclic) bond motifs is 1. The first-order valence-electron chi connectivity index (χ1n) is 7.85. The van der Waals surface area contributed by atoms with Crippen LogP contribution < -0.4 is 5.32 Å². The maximum Gasteiger partial charge on any atom is 0.260 e. The number of amides is 1. The Morgan fingerprint density at radius 2 is 1.85 bits per heavy atom. The molecule has 0 radical (unpaired) electrons. The zero-order valence-electron chi connectivity index (χ0n) is 13.8. The summed E-state index contributed by atoms with van der Waals surface area (Å²) in [7, 11) is 0. The van der Waals surface area contributed by atoms with Gasteiger partial charge in [-0.2, -0.15) is 0 Å². The number of carbonyl (C=O) groups is 1. The third kappa shape index (κ3) is 3.44. The first-order chi connectivity index (χ1) is 12.7. The Labute approximate surface area is 158 Å². The van der Waals surface area contributed by atoms with Crippen LogP contribution in [0.15, 0.2) is 65.4 Å². The smallest absolute Gasteiger partial charge is 0.260 e. The van der Waals surface area contributed by atoms with E-state index in [-0.39, 0.29) is 5.91 Å². The summed E-state index contributed by atoms with van der Waals surface area (Å²) >= 11 is 2.82. The lowest BCUT2D eigenvalue weighted by molar-refractivity contribution is 0.102. The highest BCUT2D eigenvalue weighted by molar-refractivity contribution is 7.98. The Morgan fingerprint density at radius 1 is 1.08 bits per heavy atom. The van der Waals surface area contributed by atoms with Crippen LogP contribution in [-0.4, -0.2) is 27.1 Å². The van der Waals surface area contributed by atoms with Gasteiger partial charge < -0.3 is 0 Å². The highest BCUT2D eigenvalue weighted by atomic mass is 32.2. The lowest BCUT2D eigenvalue weighted by Gasteiger charge is -2.02. The molecule has 0 aliphatic heterocycles. The van der Waals surface area contributed by atoms with Crippen molar-refractivity contribution < 1.29 is 4.79 Å². The minimum atomic E-state index is -0.267. The lowest BCUT2D eigenvalue weighted by Crippen LogP contribution is -2.12. The molecular weight excluding hydrogens is 364 g/mol. The molecule has 2 heterocycles. The Hall–Kier alpha value is -2.77. The van der Waals surface area contributed by atoms with Crippen molar-refractivity contribution in [2.45, 2.75) is 5.16 Å². The summed E-state index contributed by atoms with van der Waals surface area (Å²) in [5.41, 5.74) is 2.27. The zero-order valence-corrected chi connectivity index (χ0v) is 15.5. The van der Waals surface area contributed by atoms with E-state index in [9.17, 15) is 4.79 Å². The SMILES string of the molecule is CSc1ncc(C(=O)Nc2nc(-c3ccc4ccccc4c3)cs2)cn1. The van der Waals surface area contributed by atoms with E-state index >= 15 is 0 Å². The maximum absolute atomic E-state index is 12.3. The van der Waals surface area contributed by atoms with Gasteiger partial charge in [0.05, 0.1) is 11.3 Å². The van der Waals surface area contributed by atoms with Crippen molar-refractivity contribution in [2.24, 2.45) is 0 Å². The molecule has 128 valence electrons. The summed E-state index contributed by atoms with van der Waals surface area (Å²) in [5.74, 6) is -0.267. The molecule has 0 atom stereocenters. The summed E-state index contributed by atoms with van der Waals surface area (Å²) in [4.78, 5) is 25.1. The van der Waals surface area contributed by atoms with Gasteiger partial charge in [0.25, 0.3) is 5.91 Å². The van der Waals surface area contributed by atoms with Gasteiger partial charge in [-0.3, -0.25) is 10.1 Å². The second-order valence-corrected chi connectivity index (χ2v) is 7.14. The van der Waals surface area contributed by atoms with Crippen LogP contribution in [0.5, 0.6) is 0 Å². The van der Waals surface area contributed by atoms with Crippen molar-refractivity contribution in [3.63, 3.8) is 0 Å². The van der Waals surface area contributed by atoms with Crippen molar-refractivity contribution >= 4 is 44.9 Å². The number of hydrogen-bond acceptors (Lipinski definition) is 6. The van der Waals surface area contributed by atoms with Crippen molar-refractivity contribution in [1.82, 2.24) is 15.0 Å². The van der Waals surface area contributed by atoms with E-state index in [1.54, 1.807) is 0 Å². The predicted molar refractivity (Wildman–Crippen MR) is 107 cm³/mol. The molecule has 4 rings (SSSR count). The van der Waals surface area contributed by atoms with Crippen LogP contribution in [0.2, 0.25) is 0 Å². The summed E-state index contributed by atoms with van der Waals surface area (Å²) in [5, 5.41) is 8.27. The third-order valence-electron chi connectivity index (χ3n) is 3.84. The molecule has 2 aromatic carbocycles. The molecule has 4 aromatic rings. The Balaban J connectivity index is 1.54. The number of carbonyl (C=O) groups excluding carboxylic acids is 1. The van der Waals surface area contributed by atoms with Crippen LogP contribution in [0, 0.1) is 0 Å². The maximum atomic E-state index is 12.3. The summed E-state index contributed by atoms with van der Waals surface area (Å²) < 4.78 is 0. The molecule has 0 aliphatic rings. The minimum Gasteiger partial charge on any atom is -0.298 e. The number of rotatable bonds is 4. The molecule has 1 N–H and O–H groups in total. The van der Waals surface area contributed by atoms with Crippen LogP contribution in [-0.2, 0) is 0 Å². The quantitative estimate of drug-likeness (QED) is 0.411. The fourth-order valence-corrected chi connectivity index (χ4v) is 3.55. The average Bonchev–Trinajstić information content (AvgIpc) is 3.16. The van der Waals surface area contributed by atoms with Crippen molar-refractivity contribution in [1.29, 1.82) is 0 Å². The molecule has 26 heavy (non-hydrogen) atoms. The topological polar surface area (TPSA) is 67.8 Å². The number of nitrogens with one attached hydrogen (secondary N) is 1. The van der Waals surface area contributed by atoms with E-state index in [0.29, 0.717) is 15.9 Å². The van der Waals surface area contributed by atoms with E-state index in [1.807, 2.05) is 29.8 Å². The normalized spacial score (nSPS) is 10.8. The van der Waals surface area contributed by atoms with E-state index in [1.165, 1.54) is 40.9 Å². The van der Waals surface area contributed by atoms with Gasteiger partial charge in [0.15, 0.2) is 10.3 Å². The van der Waals surface area contributed by atoms with Crippen molar-refractivity contribution in [3.8, 4) is 11.3 Å². The number of nitrogens with zero attached hydrogens (tertiary/aromatic N) is 3. The Bertz CT molecular complexity index is 1080. The second kappa shape index (κ2) is 7.23. The molecule has 0 unspecified atom stereocenters. The first-order valence-corrected chi connectivity index (χ1v) is 9.95. The second-order valence-electron chi connectivity index (χ2n) is 5.51. The number of thioether (sulfide) groups is 1. The molecular formula is C19H14N4OS2. The molecule has 0 bridgehead atoms. The molecule has 5 nitrogen and oxygen atoms in total. The Morgan fingerprint density at radius 3 is 2.62 bits per heavy atom. The molecule has 0 saturated heterocycles. The molecule has 1 amide bonds. The summed E-state index contributed by atoms with van der Waals surface area (Å²) in [6, 6.07) is 14.4. The van der Waals surface area contributed by atoms with Gasteiger partial charge >= 0.3 is 0 Å². The van der Waals surface area contributed by atoms with Gasteiger partial charge in [-0.1, -0.05) is 48.2 Å². The van der Waals surface area contributed by atoms with Crippen LogP contribution in [0.1, 0.15) is 10.4 Å². The monoisotopic (exact) mass is 378 g/mol. The number of benzene rings is 2. The first kappa shape index (κ1) is 16.7. The van der Waals surface area contributed by atoms with Crippen molar-refractivity contribution in [3.05, 3.63) is 65.8 Å². The largest absolute Gasteiger partial charge is 0.298 e. The highest BCUT2D eigenvalue weighted by Crippen LogP contribution is 2.28. The van der Waals surface area contributed by atoms with Crippen molar-refractivity contribution in [2.75, 3.05) is 11.6 Å². The molecule has 7 heteroatoms. The fraction of sp³-hybridized carbons (Fsp3) is 0.0526. The molecule has 0 spiro atoms. The zero-order chi connectivity index (χ0) is 17.9. The van der Waals surface area contributed by atoms with Crippen LogP contribution in [0.4, 0.5) is 5.13 Å². The lowest BCUT2D eigenvalue weighted by atomic mass is 10.1. The van der Waals surface area contributed by atoms with Crippen LogP contribution >= 0.6 is 23.1 Å². The van der Waals surface area contributed by atoms with E-state index in [0.717, 1.165) is 16.6 Å².